The van der Waals surface area contributed by atoms with Gasteiger partial charge in [0.25, 0.3) is 0 Å². The highest BCUT2D eigenvalue weighted by atomic mass is 35.5. The largest absolute Gasteiger partial charge is 0.310 e. The van der Waals surface area contributed by atoms with Gasteiger partial charge in [-0.1, -0.05) is 31.4 Å². The van der Waals surface area contributed by atoms with E-state index < -0.39 is 0 Å². The quantitative estimate of drug-likeness (QED) is 0.823. The fourth-order valence-electron chi connectivity index (χ4n) is 2.55. The summed E-state index contributed by atoms with van der Waals surface area (Å²) in [6.07, 6.45) is 5.60. The van der Waals surface area contributed by atoms with E-state index in [2.05, 4.69) is 30.6 Å². The lowest BCUT2D eigenvalue weighted by Crippen LogP contribution is -2.28. The standard InChI is InChI=1S/C14H22ClNS/c1-10-3-5-12(6-4-10)8-16-11(2)13-7-14(15)17-9-13/h7,9-12,16H,3-6,8H2,1-2H3. The average molecular weight is 272 g/mol. The Hall–Kier alpha value is -0.0500. The second kappa shape index (κ2) is 6.21. The van der Waals surface area contributed by atoms with E-state index in [4.69, 9.17) is 11.6 Å². The minimum Gasteiger partial charge on any atom is -0.310 e. The lowest BCUT2D eigenvalue weighted by Gasteiger charge is -2.27. The van der Waals surface area contributed by atoms with Gasteiger partial charge in [-0.25, -0.2) is 0 Å². The van der Waals surface area contributed by atoms with Crippen molar-refractivity contribution in [2.75, 3.05) is 6.54 Å². The molecule has 0 spiro atoms. The van der Waals surface area contributed by atoms with Gasteiger partial charge in [-0.05, 0) is 55.2 Å². The van der Waals surface area contributed by atoms with Gasteiger partial charge in [0, 0.05) is 6.04 Å². The van der Waals surface area contributed by atoms with Crippen LogP contribution in [-0.2, 0) is 0 Å². The Bertz CT molecular complexity index is 342. The zero-order chi connectivity index (χ0) is 12.3. The maximum absolute atomic E-state index is 5.96. The molecule has 1 unspecified atom stereocenters. The van der Waals surface area contributed by atoms with Crippen LogP contribution in [0.15, 0.2) is 11.4 Å². The fourth-order valence-corrected chi connectivity index (χ4v) is 3.53. The van der Waals surface area contributed by atoms with Crippen LogP contribution >= 0.6 is 22.9 Å². The average Bonchev–Trinajstić information content (AvgIpc) is 2.75. The van der Waals surface area contributed by atoms with Crippen molar-refractivity contribution in [1.29, 1.82) is 0 Å². The molecule has 2 rings (SSSR count). The first-order chi connectivity index (χ1) is 8.15. The SMILES string of the molecule is CC1CCC(CNC(C)c2csc(Cl)c2)CC1. The molecule has 1 aromatic rings. The lowest BCUT2D eigenvalue weighted by molar-refractivity contribution is 0.276. The summed E-state index contributed by atoms with van der Waals surface area (Å²) in [6, 6.07) is 2.51. The van der Waals surface area contributed by atoms with Crippen LogP contribution in [0, 0.1) is 11.8 Å². The molecule has 0 bridgehead atoms. The molecule has 3 heteroatoms. The van der Waals surface area contributed by atoms with Gasteiger partial charge in [-0.2, -0.15) is 0 Å². The molecule has 0 radical (unpaired) electrons. The van der Waals surface area contributed by atoms with Gasteiger partial charge in [0.2, 0.25) is 0 Å². The van der Waals surface area contributed by atoms with Gasteiger partial charge < -0.3 is 5.32 Å². The normalized spacial score (nSPS) is 27.0. The van der Waals surface area contributed by atoms with Crippen molar-refractivity contribution < 1.29 is 0 Å². The first kappa shape index (κ1) is 13.4. The van der Waals surface area contributed by atoms with Crippen molar-refractivity contribution in [3.63, 3.8) is 0 Å². The molecular formula is C14H22ClNS. The maximum Gasteiger partial charge on any atom is 0.0931 e. The Kier molecular flexibility index (Phi) is 4.89. The first-order valence-electron chi connectivity index (χ1n) is 6.62. The van der Waals surface area contributed by atoms with Crippen LogP contribution in [-0.4, -0.2) is 6.54 Å². The smallest absolute Gasteiger partial charge is 0.0931 e. The Morgan fingerprint density at radius 1 is 1.41 bits per heavy atom. The molecule has 1 heterocycles. The molecule has 1 saturated carbocycles. The predicted molar refractivity (Wildman–Crippen MR) is 76.9 cm³/mol. The highest BCUT2D eigenvalue weighted by Gasteiger charge is 2.18. The van der Waals surface area contributed by atoms with Crippen molar-refractivity contribution in [3.05, 3.63) is 21.3 Å². The molecule has 17 heavy (non-hydrogen) atoms. The van der Waals surface area contributed by atoms with E-state index in [1.165, 1.54) is 31.2 Å². The van der Waals surface area contributed by atoms with Gasteiger partial charge >= 0.3 is 0 Å². The summed E-state index contributed by atoms with van der Waals surface area (Å²) in [5, 5.41) is 5.80. The topological polar surface area (TPSA) is 12.0 Å². The van der Waals surface area contributed by atoms with Gasteiger partial charge in [0.15, 0.2) is 0 Å². The second-order valence-electron chi connectivity index (χ2n) is 5.44. The van der Waals surface area contributed by atoms with Crippen molar-refractivity contribution in [3.8, 4) is 0 Å². The van der Waals surface area contributed by atoms with Gasteiger partial charge in [-0.15, -0.1) is 11.3 Å². The summed E-state index contributed by atoms with van der Waals surface area (Å²) in [4.78, 5) is 0. The van der Waals surface area contributed by atoms with Crippen LogP contribution in [0.5, 0.6) is 0 Å². The third kappa shape index (κ3) is 3.97. The molecule has 1 nitrogen and oxygen atoms in total. The third-order valence-corrected chi connectivity index (χ3v) is 5.05. The molecule has 1 fully saturated rings. The Labute approximate surface area is 114 Å². The van der Waals surface area contributed by atoms with Crippen molar-refractivity contribution in [1.82, 2.24) is 5.32 Å². The van der Waals surface area contributed by atoms with E-state index in [0.717, 1.165) is 22.7 Å². The van der Waals surface area contributed by atoms with E-state index in [1.807, 2.05) is 0 Å². The Balaban J connectivity index is 1.74. The fraction of sp³-hybridized carbons (Fsp3) is 0.714. The summed E-state index contributed by atoms with van der Waals surface area (Å²) in [5.74, 6) is 1.82. The number of hydrogen-bond acceptors (Lipinski definition) is 2. The third-order valence-electron chi connectivity index (χ3n) is 3.94. The number of hydrogen-bond donors (Lipinski definition) is 1. The summed E-state index contributed by atoms with van der Waals surface area (Å²) >= 11 is 7.58. The number of nitrogens with one attached hydrogen (secondary N) is 1. The molecule has 96 valence electrons. The van der Waals surface area contributed by atoms with Crippen LogP contribution in [0.2, 0.25) is 4.34 Å². The molecule has 0 saturated heterocycles. The molecule has 0 aliphatic heterocycles. The lowest BCUT2D eigenvalue weighted by atomic mass is 9.83. The van der Waals surface area contributed by atoms with Crippen LogP contribution in [0.4, 0.5) is 0 Å². The van der Waals surface area contributed by atoms with E-state index in [0.29, 0.717) is 6.04 Å². The van der Waals surface area contributed by atoms with Crippen LogP contribution in [0.1, 0.15) is 51.1 Å². The number of thiophene rings is 1. The van der Waals surface area contributed by atoms with Gasteiger partial charge in [0.05, 0.1) is 4.34 Å². The predicted octanol–water partition coefficient (Wildman–Crippen LogP) is 4.88. The first-order valence-corrected chi connectivity index (χ1v) is 7.88. The van der Waals surface area contributed by atoms with E-state index in [9.17, 15) is 0 Å². The second-order valence-corrected chi connectivity index (χ2v) is 6.98. The molecule has 1 aromatic heterocycles. The van der Waals surface area contributed by atoms with E-state index in [-0.39, 0.29) is 0 Å². The van der Waals surface area contributed by atoms with Gasteiger partial charge in [0.1, 0.15) is 0 Å². The summed E-state index contributed by atoms with van der Waals surface area (Å²) in [5.41, 5.74) is 1.32. The zero-order valence-corrected chi connectivity index (χ0v) is 12.3. The minimum absolute atomic E-state index is 0.429. The monoisotopic (exact) mass is 271 g/mol. The molecular weight excluding hydrogens is 250 g/mol. The maximum atomic E-state index is 5.96. The number of rotatable bonds is 4. The molecule has 0 aromatic carbocycles. The molecule has 0 amide bonds. The summed E-state index contributed by atoms with van der Waals surface area (Å²) in [6.45, 7) is 5.75. The number of halogens is 1. The summed E-state index contributed by atoms with van der Waals surface area (Å²) in [7, 11) is 0. The zero-order valence-electron chi connectivity index (χ0n) is 10.7. The van der Waals surface area contributed by atoms with Crippen molar-refractivity contribution >= 4 is 22.9 Å². The highest BCUT2D eigenvalue weighted by molar-refractivity contribution is 7.14. The Morgan fingerprint density at radius 2 is 2.12 bits per heavy atom. The minimum atomic E-state index is 0.429. The van der Waals surface area contributed by atoms with Crippen LogP contribution < -0.4 is 5.32 Å². The van der Waals surface area contributed by atoms with E-state index in [1.54, 1.807) is 11.3 Å². The van der Waals surface area contributed by atoms with Crippen LogP contribution in [0.3, 0.4) is 0 Å². The van der Waals surface area contributed by atoms with Crippen LogP contribution in [0.25, 0.3) is 0 Å². The highest BCUT2D eigenvalue weighted by Crippen LogP contribution is 2.29. The Morgan fingerprint density at radius 3 is 2.71 bits per heavy atom. The van der Waals surface area contributed by atoms with Crippen molar-refractivity contribution in [2.45, 2.75) is 45.6 Å². The molecule has 1 aliphatic carbocycles. The molecule has 1 atom stereocenters. The molecule has 1 aliphatic rings. The van der Waals surface area contributed by atoms with E-state index >= 15 is 0 Å². The van der Waals surface area contributed by atoms with Gasteiger partial charge in [-0.3, -0.25) is 0 Å². The molecule has 1 N–H and O–H groups in total. The summed E-state index contributed by atoms with van der Waals surface area (Å²) < 4.78 is 0.889. The van der Waals surface area contributed by atoms with Crippen molar-refractivity contribution in [2.24, 2.45) is 11.8 Å².